The van der Waals surface area contributed by atoms with E-state index in [0.717, 1.165) is 44.1 Å². The van der Waals surface area contributed by atoms with E-state index in [-0.39, 0.29) is 0 Å². The maximum Gasteiger partial charge on any atom is 0.146 e. The monoisotopic (exact) mass is 262 g/mol. The summed E-state index contributed by atoms with van der Waals surface area (Å²) >= 11 is 0. The normalized spacial score (nSPS) is 11.1. The smallest absolute Gasteiger partial charge is 0.146 e. The van der Waals surface area contributed by atoms with Gasteiger partial charge in [-0.1, -0.05) is 6.92 Å². The maximum atomic E-state index is 4.42. The first-order chi connectivity index (χ1) is 9.33. The van der Waals surface area contributed by atoms with Gasteiger partial charge in [0.15, 0.2) is 0 Å². The average molecular weight is 262 g/mol. The highest BCUT2D eigenvalue weighted by atomic mass is 15.3. The molecule has 104 valence electrons. The Balaban J connectivity index is 1.87. The number of aromatic nitrogens is 5. The van der Waals surface area contributed by atoms with Crippen molar-refractivity contribution in [3.63, 3.8) is 0 Å². The highest BCUT2D eigenvalue weighted by molar-refractivity contribution is 4.99. The van der Waals surface area contributed by atoms with Gasteiger partial charge in [0.05, 0.1) is 18.6 Å². The predicted octanol–water partition coefficient (Wildman–Crippen LogP) is 1.08. The lowest BCUT2D eigenvalue weighted by molar-refractivity contribution is 0.591. The third-order valence-corrected chi connectivity index (χ3v) is 2.99. The van der Waals surface area contributed by atoms with Crippen molar-refractivity contribution in [3.8, 4) is 0 Å². The van der Waals surface area contributed by atoms with Gasteiger partial charge in [-0.3, -0.25) is 0 Å². The van der Waals surface area contributed by atoms with E-state index in [2.05, 4.69) is 45.0 Å². The Kier molecular flexibility index (Phi) is 5.09. The Hall–Kier alpha value is -1.69. The van der Waals surface area contributed by atoms with Crippen LogP contribution in [-0.4, -0.2) is 37.4 Å². The van der Waals surface area contributed by atoms with Crippen molar-refractivity contribution in [2.24, 2.45) is 0 Å². The highest BCUT2D eigenvalue weighted by Gasteiger charge is 2.04. The van der Waals surface area contributed by atoms with E-state index in [4.69, 9.17) is 0 Å². The van der Waals surface area contributed by atoms with Crippen LogP contribution >= 0.6 is 0 Å². The summed E-state index contributed by atoms with van der Waals surface area (Å²) in [5, 5.41) is 7.55. The van der Waals surface area contributed by atoms with Crippen molar-refractivity contribution in [1.82, 2.24) is 29.6 Å². The molecule has 1 N–H and O–H groups in total. The number of aryl methyl sites for hydroxylation is 1. The molecule has 6 heteroatoms. The van der Waals surface area contributed by atoms with Crippen molar-refractivity contribution in [2.75, 3.05) is 13.1 Å². The van der Waals surface area contributed by atoms with Crippen molar-refractivity contribution in [1.29, 1.82) is 0 Å². The van der Waals surface area contributed by atoms with Crippen molar-refractivity contribution in [2.45, 2.75) is 39.8 Å². The third-order valence-electron chi connectivity index (χ3n) is 2.99. The fraction of sp³-hybridized carbons (Fsp3) is 0.615. The first-order valence-electron chi connectivity index (χ1n) is 6.91. The standard InChI is InChI=1S/C13H22N6/c1-3-6-14-7-5-12-8-18(11-16-12)9-13-15-10-17-19(13)4-2/h8,10-11,14H,3-7,9H2,1-2H3. The van der Waals surface area contributed by atoms with E-state index < -0.39 is 0 Å². The van der Waals surface area contributed by atoms with Gasteiger partial charge in [0.1, 0.15) is 12.2 Å². The Morgan fingerprint density at radius 1 is 1.21 bits per heavy atom. The van der Waals surface area contributed by atoms with Crippen LogP contribution < -0.4 is 5.32 Å². The Labute approximate surface area is 113 Å². The van der Waals surface area contributed by atoms with Crippen LogP contribution in [0.3, 0.4) is 0 Å². The molecule has 0 aliphatic carbocycles. The van der Waals surface area contributed by atoms with Gasteiger partial charge < -0.3 is 9.88 Å². The number of nitrogens with one attached hydrogen (secondary N) is 1. The lowest BCUT2D eigenvalue weighted by atomic mass is 10.3. The molecule has 0 atom stereocenters. The van der Waals surface area contributed by atoms with Crippen LogP contribution in [0.15, 0.2) is 18.9 Å². The molecule has 0 radical (unpaired) electrons. The minimum Gasteiger partial charge on any atom is -0.330 e. The van der Waals surface area contributed by atoms with Gasteiger partial charge >= 0.3 is 0 Å². The zero-order chi connectivity index (χ0) is 13.5. The number of imidazole rings is 1. The van der Waals surface area contributed by atoms with Crippen molar-refractivity contribution in [3.05, 3.63) is 30.4 Å². The average Bonchev–Trinajstić information content (AvgIpc) is 3.04. The van der Waals surface area contributed by atoms with Crippen molar-refractivity contribution >= 4 is 0 Å². The van der Waals surface area contributed by atoms with Gasteiger partial charge in [0, 0.05) is 25.7 Å². The van der Waals surface area contributed by atoms with Gasteiger partial charge in [0.25, 0.3) is 0 Å². The second-order valence-electron chi connectivity index (χ2n) is 4.53. The van der Waals surface area contributed by atoms with Crippen LogP contribution in [0.5, 0.6) is 0 Å². The molecule has 0 aliphatic rings. The van der Waals surface area contributed by atoms with E-state index in [1.165, 1.54) is 6.42 Å². The molecule has 0 aliphatic heterocycles. The largest absolute Gasteiger partial charge is 0.330 e. The minimum atomic E-state index is 0.725. The van der Waals surface area contributed by atoms with Gasteiger partial charge in [-0.25, -0.2) is 14.6 Å². The summed E-state index contributed by atoms with van der Waals surface area (Å²) in [5.74, 6) is 0.968. The third kappa shape index (κ3) is 3.89. The van der Waals surface area contributed by atoms with Gasteiger partial charge in [-0.05, 0) is 19.9 Å². The highest BCUT2D eigenvalue weighted by Crippen LogP contribution is 2.02. The quantitative estimate of drug-likeness (QED) is 0.723. The minimum absolute atomic E-state index is 0.725. The molecule has 2 heterocycles. The predicted molar refractivity (Wildman–Crippen MR) is 73.9 cm³/mol. The molecule has 0 spiro atoms. The molecule has 6 nitrogen and oxygen atoms in total. The lowest BCUT2D eigenvalue weighted by Crippen LogP contribution is -2.17. The number of nitrogens with zero attached hydrogens (tertiary/aromatic N) is 5. The topological polar surface area (TPSA) is 60.6 Å². The number of hydrogen-bond donors (Lipinski definition) is 1. The van der Waals surface area contributed by atoms with Gasteiger partial charge in [0.2, 0.25) is 0 Å². The fourth-order valence-corrected chi connectivity index (χ4v) is 1.98. The first-order valence-corrected chi connectivity index (χ1v) is 6.91. The molecule has 2 rings (SSSR count). The van der Waals surface area contributed by atoms with Gasteiger partial charge in [-0.2, -0.15) is 5.10 Å². The Morgan fingerprint density at radius 2 is 2.11 bits per heavy atom. The molecule has 0 saturated heterocycles. The second-order valence-corrected chi connectivity index (χ2v) is 4.53. The van der Waals surface area contributed by atoms with E-state index >= 15 is 0 Å². The second kappa shape index (κ2) is 7.04. The molecular formula is C13H22N6. The Bertz CT molecular complexity index is 487. The summed E-state index contributed by atoms with van der Waals surface area (Å²) in [5.41, 5.74) is 1.12. The molecule has 0 fully saturated rings. The summed E-state index contributed by atoms with van der Waals surface area (Å²) in [6.45, 7) is 7.86. The van der Waals surface area contributed by atoms with Crippen LogP contribution in [0.2, 0.25) is 0 Å². The maximum absolute atomic E-state index is 4.42. The van der Waals surface area contributed by atoms with Crippen LogP contribution in [0.25, 0.3) is 0 Å². The van der Waals surface area contributed by atoms with Crippen LogP contribution in [0.1, 0.15) is 31.8 Å². The van der Waals surface area contributed by atoms with Gasteiger partial charge in [-0.15, -0.1) is 0 Å². The molecule has 2 aromatic heterocycles. The van der Waals surface area contributed by atoms with E-state index in [1.807, 2.05) is 11.0 Å². The van der Waals surface area contributed by atoms with Crippen LogP contribution in [-0.2, 0) is 19.5 Å². The summed E-state index contributed by atoms with van der Waals surface area (Å²) in [4.78, 5) is 8.68. The molecule has 0 bridgehead atoms. The molecular weight excluding hydrogens is 240 g/mol. The Morgan fingerprint density at radius 3 is 2.89 bits per heavy atom. The summed E-state index contributed by atoms with van der Waals surface area (Å²) in [6, 6.07) is 0. The van der Waals surface area contributed by atoms with Crippen LogP contribution in [0, 0.1) is 0 Å². The molecule has 0 unspecified atom stereocenters. The zero-order valence-electron chi connectivity index (χ0n) is 11.7. The molecule has 19 heavy (non-hydrogen) atoms. The molecule has 0 amide bonds. The van der Waals surface area contributed by atoms with E-state index in [0.29, 0.717) is 0 Å². The van der Waals surface area contributed by atoms with Crippen LogP contribution in [0.4, 0.5) is 0 Å². The summed E-state index contributed by atoms with van der Waals surface area (Å²) in [7, 11) is 0. The summed E-state index contributed by atoms with van der Waals surface area (Å²) < 4.78 is 3.97. The fourth-order valence-electron chi connectivity index (χ4n) is 1.98. The van der Waals surface area contributed by atoms with E-state index in [1.54, 1.807) is 6.33 Å². The lowest BCUT2D eigenvalue weighted by Gasteiger charge is -2.03. The summed E-state index contributed by atoms with van der Waals surface area (Å²) in [6.07, 6.45) is 7.69. The SMILES string of the molecule is CCCNCCc1cn(Cc2ncnn2CC)cn1. The molecule has 2 aromatic rings. The number of hydrogen-bond acceptors (Lipinski definition) is 4. The number of rotatable bonds is 8. The first kappa shape index (κ1) is 13.7. The molecule has 0 saturated carbocycles. The van der Waals surface area contributed by atoms with E-state index in [9.17, 15) is 0 Å². The van der Waals surface area contributed by atoms with Crippen molar-refractivity contribution < 1.29 is 0 Å². The molecule has 0 aromatic carbocycles. The zero-order valence-corrected chi connectivity index (χ0v) is 11.7.